The minimum atomic E-state index is -0.197. The van der Waals surface area contributed by atoms with Crippen molar-refractivity contribution >= 4 is 39.0 Å². The summed E-state index contributed by atoms with van der Waals surface area (Å²) in [5, 5.41) is 2.97. The Morgan fingerprint density at radius 3 is 2.90 bits per heavy atom. The lowest BCUT2D eigenvalue weighted by Gasteiger charge is -2.14. The van der Waals surface area contributed by atoms with Crippen molar-refractivity contribution in [1.82, 2.24) is 10.3 Å². The third-order valence-corrected chi connectivity index (χ3v) is 4.37. The highest BCUT2D eigenvalue weighted by molar-refractivity contribution is 9.10. The Morgan fingerprint density at radius 2 is 2.29 bits per heavy atom. The van der Waals surface area contributed by atoms with E-state index in [2.05, 4.69) is 50.7 Å². The third-order valence-electron chi connectivity index (χ3n) is 2.92. The van der Waals surface area contributed by atoms with Gasteiger partial charge in [-0.3, -0.25) is 4.79 Å². The number of rotatable bonds is 5. The minimum Gasteiger partial charge on any atom is -0.349 e. The summed E-state index contributed by atoms with van der Waals surface area (Å²) in [7, 11) is 0. The molecule has 0 aliphatic heterocycles. The number of nitrogens with zero attached hydrogens (tertiary/aromatic N) is 1. The molecular weight excluding hydrogens is 352 g/mol. The Kier molecular flexibility index (Phi) is 5.33. The molecule has 4 N–H and O–H groups in total. The largest absolute Gasteiger partial charge is 0.349 e. The highest BCUT2D eigenvalue weighted by atomic mass is 79.9. The molecule has 0 aliphatic carbocycles. The molecule has 0 saturated heterocycles. The Bertz CT molecular complexity index is 644. The number of hydrazine groups is 1. The van der Waals surface area contributed by atoms with Gasteiger partial charge in [0.15, 0.2) is 5.82 Å². The van der Waals surface area contributed by atoms with Crippen LogP contribution in [0.25, 0.3) is 0 Å². The van der Waals surface area contributed by atoms with E-state index in [1.807, 2.05) is 6.92 Å². The fraction of sp³-hybridized carbons (Fsp3) is 0.286. The monoisotopic (exact) mass is 368 g/mol. The summed E-state index contributed by atoms with van der Waals surface area (Å²) in [6.07, 6.45) is 2.39. The van der Waals surface area contributed by atoms with Gasteiger partial charge in [0.25, 0.3) is 5.91 Å². The number of carbonyl (C=O) groups is 1. The van der Waals surface area contributed by atoms with Crippen LogP contribution in [0.2, 0.25) is 0 Å². The molecule has 112 valence electrons. The molecule has 2 aromatic rings. The van der Waals surface area contributed by atoms with Crippen LogP contribution in [0.1, 0.15) is 27.0 Å². The van der Waals surface area contributed by atoms with Gasteiger partial charge in [-0.05, 0) is 48.0 Å². The number of halogens is 1. The number of aryl methyl sites for hydroxylation is 1. The van der Waals surface area contributed by atoms with Crippen LogP contribution in [0.4, 0.5) is 5.82 Å². The standard InChI is InChI=1S/C14H17BrN4OS/c1-8(5-11-4-3-9(2)21-11)18-14(20)12-6-10(15)7-17-13(12)19-16/h3-4,6-8H,5,16H2,1-2H3,(H,17,19)(H,18,20). The lowest BCUT2D eigenvalue weighted by Crippen LogP contribution is -2.34. The van der Waals surface area contributed by atoms with Gasteiger partial charge in [-0.1, -0.05) is 0 Å². The van der Waals surface area contributed by atoms with E-state index in [0.717, 1.165) is 10.9 Å². The topological polar surface area (TPSA) is 80.0 Å². The maximum atomic E-state index is 12.3. The molecule has 1 atom stereocenters. The minimum absolute atomic E-state index is 0.0279. The summed E-state index contributed by atoms with van der Waals surface area (Å²) in [5.74, 6) is 5.55. The highest BCUT2D eigenvalue weighted by Crippen LogP contribution is 2.19. The van der Waals surface area contributed by atoms with Gasteiger partial charge < -0.3 is 10.7 Å². The van der Waals surface area contributed by atoms with Crippen molar-refractivity contribution in [3.8, 4) is 0 Å². The number of hydrogen-bond donors (Lipinski definition) is 3. The molecule has 0 bridgehead atoms. The second kappa shape index (κ2) is 7.02. The number of carbonyl (C=O) groups excluding carboxylic acids is 1. The van der Waals surface area contributed by atoms with E-state index in [9.17, 15) is 4.79 Å². The van der Waals surface area contributed by atoms with E-state index >= 15 is 0 Å². The first-order valence-electron chi connectivity index (χ1n) is 6.48. The van der Waals surface area contributed by atoms with E-state index in [0.29, 0.717) is 11.4 Å². The van der Waals surface area contributed by atoms with Gasteiger partial charge in [0, 0.05) is 32.9 Å². The highest BCUT2D eigenvalue weighted by Gasteiger charge is 2.16. The van der Waals surface area contributed by atoms with Gasteiger partial charge in [-0.15, -0.1) is 11.3 Å². The Balaban J connectivity index is 2.05. The molecule has 0 saturated carbocycles. The number of nitrogens with one attached hydrogen (secondary N) is 2. The van der Waals surface area contributed by atoms with E-state index in [1.165, 1.54) is 9.75 Å². The number of anilines is 1. The van der Waals surface area contributed by atoms with Gasteiger partial charge in [-0.2, -0.15) is 0 Å². The molecule has 0 fully saturated rings. The second-order valence-electron chi connectivity index (χ2n) is 4.79. The molecule has 2 heterocycles. The molecule has 1 amide bonds. The van der Waals surface area contributed by atoms with E-state index in [1.54, 1.807) is 23.6 Å². The number of thiophene rings is 1. The van der Waals surface area contributed by atoms with Crippen LogP contribution in [-0.2, 0) is 6.42 Å². The average Bonchev–Trinajstić information content (AvgIpc) is 2.83. The summed E-state index contributed by atoms with van der Waals surface area (Å²) in [6, 6.07) is 5.90. The fourth-order valence-corrected chi connectivity index (χ4v) is 3.33. The zero-order chi connectivity index (χ0) is 15.4. The van der Waals surface area contributed by atoms with Crippen molar-refractivity contribution in [1.29, 1.82) is 0 Å². The number of nitrogens with two attached hydrogens (primary N) is 1. The smallest absolute Gasteiger partial charge is 0.255 e. The number of amides is 1. The van der Waals surface area contributed by atoms with Crippen molar-refractivity contribution in [3.63, 3.8) is 0 Å². The first-order valence-corrected chi connectivity index (χ1v) is 8.09. The normalized spacial score (nSPS) is 12.0. The first kappa shape index (κ1) is 15.9. The number of aromatic nitrogens is 1. The number of hydrogen-bond acceptors (Lipinski definition) is 5. The summed E-state index contributed by atoms with van der Waals surface area (Å²) >= 11 is 5.05. The van der Waals surface area contributed by atoms with Crippen LogP contribution in [0, 0.1) is 6.92 Å². The lowest BCUT2D eigenvalue weighted by atomic mass is 10.1. The van der Waals surface area contributed by atoms with Gasteiger partial charge in [-0.25, -0.2) is 10.8 Å². The van der Waals surface area contributed by atoms with Crippen LogP contribution >= 0.6 is 27.3 Å². The van der Waals surface area contributed by atoms with Crippen molar-refractivity contribution in [2.45, 2.75) is 26.3 Å². The Morgan fingerprint density at radius 1 is 1.52 bits per heavy atom. The summed E-state index contributed by atoms with van der Waals surface area (Å²) in [6.45, 7) is 4.05. The summed E-state index contributed by atoms with van der Waals surface area (Å²) in [5.41, 5.74) is 2.86. The van der Waals surface area contributed by atoms with Crippen molar-refractivity contribution < 1.29 is 4.79 Å². The van der Waals surface area contributed by atoms with Crippen molar-refractivity contribution in [2.24, 2.45) is 5.84 Å². The predicted molar refractivity (Wildman–Crippen MR) is 89.4 cm³/mol. The SMILES string of the molecule is Cc1ccc(CC(C)NC(=O)c2cc(Br)cnc2NN)s1. The van der Waals surface area contributed by atoms with Crippen LogP contribution in [0.3, 0.4) is 0 Å². The molecule has 0 aromatic carbocycles. The molecular formula is C14H17BrN4OS. The van der Waals surface area contributed by atoms with E-state index < -0.39 is 0 Å². The molecule has 0 radical (unpaired) electrons. The quantitative estimate of drug-likeness (QED) is 0.559. The molecule has 2 aromatic heterocycles. The number of pyridine rings is 1. The lowest BCUT2D eigenvalue weighted by molar-refractivity contribution is 0.0940. The Labute approximate surface area is 136 Å². The van der Waals surface area contributed by atoms with Crippen molar-refractivity contribution in [3.05, 3.63) is 44.2 Å². The predicted octanol–water partition coefficient (Wildman–Crippen LogP) is 2.86. The van der Waals surface area contributed by atoms with E-state index in [4.69, 9.17) is 5.84 Å². The molecule has 0 aliphatic rings. The molecule has 1 unspecified atom stereocenters. The first-order chi connectivity index (χ1) is 9.99. The molecule has 2 rings (SSSR count). The average molecular weight is 369 g/mol. The molecule has 0 spiro atoms. The zero-order valence-corrected chi connectivity index (χ0v) is 14.2. The van der Waals surface area contributed by atoms with Crippen molar-refractivity contribution in [2.75, 3.05) is 5.43 Å². The van der Waals surface area contributed by atoms with Crippen LogP contribution in [0.15, 0.2) is 28.9 Å². The molecule has 5 nitrogen and oxygen atoms in total. The van der Waals surface area contributed by atoms with Crippen LogP contribution < -0.4 is 16.6 Å². The van der Waals surface area contributed by atoms with Crippen LogP contribution in [0.5, 0.6) is 0 Å². The molecule has 21 heavy (non-hydrogen) atoms. The number of nitrogen functional groups attached to an aromatic ring is 1. The van der Waals surface area contributed by atoms with Crippen LogP contribution in [-0.4, -0.2) is 16.9 Å². The third kappa shape index (κ3) is 4.26. The fourth-order valence-electron chi connectivity index (χ4n) is 1.98. The second-order valence-corrected chi connectivity index (χ2v) is 7.07. The van der Waals surface area contributed by atoms with Gasteiger partial charge in [0.2, 0.25) is 0 Å². The zero-order valence-electron chi connectivity index (χ0n) is 11.8. The summed E-state index contributed by atoms with van der Waals surface area (Å²) in [4.78, 5) is 18.9. The Hall–Kier alpha value is -1.44. The maximum absolute atomic E-state index is 12.3. The van der Waals surface area contributed by atoms with E-state index in [-0.39, 0.29) is 11.9 Å². The molecule has 7 heteroatoms. The summed E-state index contributed by atoms with van der Waals surface area (Å²) < 4.78 is 0.730. The van der Waals surface area contributed by atoms with Gasteiger partial charge in [0.1, 0.15) is 0 Å². The maximum Gasteiger partial charge on any atom is 0.255 e. The van der Waals surface area contributed by atoms with Gasteiger partial charge in [0.05, 0.1) is 5.56 Å². The van der Waals surface area contributed by atoms with Gasteiger partial charge >= 0.3 is 0 Å².